The summed E-state index contributed by atoms with van der Waals surface area (Å²) in [5.74, 6) is 0.178. The lowest BCUT2D eigenvalue weighted by Crippen LogP contribution is -2.24. The first-order valence-corrected chi connectivity index (χ1v) is 9.01. The van der Waals surface area contributed by atoms with Crippen molar-refractivity contribution in [3.05, 3.63) is 70.7 Å². The summed E-state index contributed by atoms with van der Waals surface area (Å²) < 4.78 is 1.69. The Bertz CT molecular complexity index is 823. The van der Waals surface area contributed by atoms with Gasteiger partial charge in [0.25, 0.3) is 0 Å². The van der Waals surface area contributed by atoms with Gasteiger partial charge in [-0.15, -0.1) is 5.10 Å². The van der Waals surface area contributed by atoms with E-state index in [2.05, 4.69) is 20.8 Å². The molecule has 0 saturated carbocycles. The molecule has 0 radical (unpaired) electrons. The Balaban J connectivity index is 1.49. The van der Waals surface area contributed by atoms with Gasteiger partial charge in [-0.25, -0.2) is 4.68 Å². The first-order chi connectivity index (χ1) is 12.2. The van der Waals surface area contributed by atoms with Crippen LogP contribution in [0.2, 0.25) is 5.02 Å². The van der Waals surface area contributed by atoms with Crippen molar-refractivity contribution in [1.82, 2.24) is 25.5 Å². The Hall–Kier alpha value is -2.38. The average Bonchev–Trinajstić information content (AvgIpc) is 3.07. The maximum absolute atomic E-state index is 12.0. The van der Waals surface area contributed by atoms with Crippen molar-refractivity contribution < 1.29 is 4.79 Å². The molecule has 0 atom stereocenters. The fourth-order valence-corrected chi connectivity index (χ4v) is 2.97. The zero-order valence-electron chi connectivity index (χ0n) is 13.3. The Morgan fingerprint density at radius 1 is 1.08 bits per heavy atom. The molecule has 0 saturated heterocycles. The lowest BCUT2D eigenvalue weighted by Gasteiger charge is -2.06. The number of amides is 1. The van der Waals surface area contributed by atoms with Gasteiger partial charge < -0.3 is 5.32 Å². The van der Waals surface area contributed by atoms with E-state index in [9.17, 15) is 4.79 Å². The normalized spacial score (nSPS) is 10.6. The van der Waals surface area contributed by atoms with Crippen molar-refractivity contribution in [3.8, 4) is 0 Å². The fraction of sp³-hybridized carbons (Fsp3) is 0.176. The van der Waals surface area contributed by atoms with Crippen molar-refractivity contribution in [2.75, 3.05) is 5.75 Å². The minimum absolute atomic E-state index is 0.0748. The summed E-state index contributed by atoms with van der Waals surface area (Å²) in [4.78, 5) is 12.0. The molecule has 3 rings (SSSR count). The smallest absolute Gasteiger partial charge is 0.230 e. The van der Waals surface area contributed by atoms with E-state index in [-0.39, 0.29) is 11.7 Å². The summed E-state index contributed by atoms with van der Waals surface area (Å²) in [6.07, 6.45) is 0. The number of hydrogen-bond acceptors (Lipinski definition) is 5. The number of carbonyl (C=O) groups is 1. The number of rotatable bonds is 7. The van der Waals surface area contributed by atoms with Crippen molar-refractivity contribution in [3.63, 3.8) is 0 Å². The Morgan fingerprint density at radius 3 is 2.60 bits per heavy atom. The summed E-state index contributed by atoms with van der Waals surface area (Å²) >= 11 is 7.15. The number of nitrogens with zero attached hydrogens (tertiary/aromatic N) is 4. The average molecular weight is 374 g/mol. The summed E-state index contributed by atoms with van der Waals surface area (Å²) in [7, 11) is 0. The third-order valence-electron chi connectivity index (χ3n) is 3.41. The van der Waals surface area contributed by atoms with Crippen LogP contribution in [0.25, 0.3) is 0 Å². The first-order valence-electron chi connectivity index (χ1n) is 7.65. The molecular formula is C17H16ClN5OS. The van der Waals surface area contributed by atoms with E-state index >= 15 is 0 Å². The molecule has 2 aromatic carbocycles. The van der Waals surface area contributed by atoms with Gasteiger partial charge in [-0.2, -0.15) is 0 Å². The number of halogens is 1. The molecule has 1 aromatic heterocycles. The molecule has 0 spiro atoms. The molecular weight excluding hydrogens is 358 g/mol. The highest BCUT2D eigenvalue weighted by Gasteiger charge is 2.10. The topological polar surface area (TPSA) is 72.7 Å². The summed E-state index contributed by atoms with van der Waals surface area (Å²) in [5, 5.41) is 15.8. The van der Waals surface area contributed by atoms with E-state index in [1.807, 2.05) is 42.5 Å². The number of aromatic nitrogens is 4. The molecule has 0 aliphatic heterocycles. The third kappa shape index (κ3) is 5.30. The molecule has 0 bridgehead atoms. The van der Waals surface area contributed by atoms with Crippen molar-refractivity contribution in [2.24, 2.45) is 0 Å². The van der Waals surface area contributed by atoms with E-state index < -0.39 is 0 Å². The predicted octanol–water partition coefficient (Wildman–Crippen LogP) is 2.78. The standard InChI is InChI=1S/C17H16ClN5OS/c18-15-8-6-13(7-9-15)10-19-16(24)12-25-17-20-21-22-23(17)11-14-4-2-1-3-5-14/h1-9H,10-12H2,(H,19,24). The molecule has 1 amide bonds. The van der Waals surface area contributed by atoms with Crippen LogP contribution in [0.4, 0.5) is 0 Å². The maximum atomic E-state index is 12.0. The van der Waals surface area contributed by atoms with Crippen LogP contribution in [-0.4, -0.2) is 31.9 Å². The zero-order valence-corrected chi connectivity index (χ0v) is 14.9. The van der Waals surface area contributed by atoms with Gasteiger partial charge in [-0.1, -0.05) is 65.8 Å². The van der Waals surface area contributed by atoms with Gasteiger partial charge in [0.15, 0.2) is 0 Å². The highest BCUT2D eigenvalue weighted by molar-refractivity contribution is 7.99. The minimum atomic E-state index is -0.0748. The summed E-state index contributed by atoms with van der Waals surface area (Å²) in [5.41, 5.74) is 2.10. The first kappa shape index (κ1) is 17.4. The third-order valence-corrected chi connectivity index (χ3v) is 4.62. The minimum Gasteiger partial charge on any atom is -0.351 e. The molecule has 0 aliphatic rings. The van der Waals surface area contributed by atoms with E-state index in [4.69, 9.17) is 11.6 Å². The van der Waals surface area contributed by atoms with E-state index in [0.717, 1.165) is 11.1 Å². The Morgan fingerprint density at radius 2 is 1.84 bits per heavy atom. The highest BCUT2D eigenvalue weighted by atomic mass is 35.5. The van der Waals surface area contributed by atoms with Gasteiger partial charge in [0.2, 0.25) is 11.1 Å². The van der Waals surface area contributed by atoms with Crippen molar-refractivity contribution >= 4 is 29.3 Å². The molecule has 1 heterocycles. The van der Waals surface area contributed by atoms with E-state index in [1.165, 1.54) is 11.8 Å². The molecule has 8 heteroatoms. The van der Waals surface area contributed by atoms with E-state index in [1.54, 1.807) is 16.8 Å². The molecule has 6 nitrogen and oxygen atoms in total. The van der Waals surface area contributed by atoms with Gasteiger partial charge >= 0.3 is 0 Å². The molecule has 0 aliphatic carbocycles. The second-order valence-electron chi connectivity index (χ2n) is 5.30. The van der Waals surface area contributed by atoms with Crippen LogP contribution in [0, 0.1) is 0 Å². The number of nitrogens with one attached hydrogen (secondary N) is 1. The van der Waals surface area contributed by atoms with E-state index in [0.29, 0.717) is 23.3 Å². The largest absolute Gasteiger partial charge is 0.351 e. The molecule has 128 valence electrons. The molecule has 3 aromatic rings. The van der Waals surface area contributed by atoms with Gasteiger partial charge in [0.05, 0.1) is 12.3 Å². The maximum Gasteiger partial charge on any atom is 0.230 e. The van der Waals surface area contributed by atoms with Crippen LogP contribution in [0.3, 0.4) is 0 Å². The molecule has 0 fully saturated rings. The van der Waals surface area contributed by atoms with Crippen LogP contribution in [0.1, 0.15) is 11.1 Å². The van der Waals surface area contributed by atoms with Crippen LogP contribution in [-0.2, 0) is 17.9 Å². The number of tetrazole rings is 1. The molecule has 25 heavy (non-hydrogen) atoms. The Kier molecular flexibility index (Phi) is 6.03. The Labute approximate surface area is 154 Å². The highest BCUT2D eigenvalue weighted by Crippen LogP contribution is 2.15. The van der Waals surface area contributed by atoms with Crippen molar-refractivity contribution in [2.45, 2.75) is 18.2 Å². The second kappa shape index (κ2) is 8.64. The number of thioether (sulfide) groups is 1. The van der Waals surface area contributed by atoms with Gasteiger partial charge in [-0.3, -0.25) is 4.79 Å². The number of hydrogen-bond donors (Lipinski definition) is 1. The fourth-order valence-electron chi connectivity index (χ4n) is 2.14. The quantitative estimate of drug-likeness (QED) is 0.645. The lowest BCUT2D eigenvalue weighted by molar-refractivity contribution is -0.118. The number of carbonyl (C=O) groups excluding carboxylic acids is 1. The number of benzene rings is 2. The van der Waals surface area contributed by atoms with Crippen LogP contribution in [0.5, 0.6) is 0 Å². The lowest BCUT2D eigenvalue weighted by atomic mass is 10.2. The van der Waals surface area contributed by atoms with Crippen LogP contribution >= 0.6 is 23.4 Å². The second-order valence-corrected chi connectivity index (χ2v) is 6.68. The zero-order chi connectivity index (χ0) is 17.5. The van der Waals surface area contributed by atoms with Crippen LogP contribution in [0.15, 0.2) is 59.8 Å². The molecule has 0 unspecified atom stereocenters. The SMILES string of the molecule is O=C(CSc1nnnn1Cc1ccccc1)NCc1ccc(Cl)cc1. The van der Waals surface area contributed by atoms with Gasteiger partial charge in [0, 0.05) is 11.6 Å². The van der Waals surface area contributed by atoms with Crippen LogP contribution < -0.4 is 5.32 Å². The van der Waals surface area contributed by atoms with Gasteiger partial charge in [0.1, 0.15) is 0 Å². The molecule has 1 N–H and O–H groups in total. The summed E-state index contributed by atoms with van der Waals surface area (Å²) in [6, 6.07) is 17.3. The summed E-state index contributed by atoms with van der Waals surface area (Å²) in [6.45, 7) is 1.04. The van der Waals surface area contributed by atoms with Gasteiger partial charge in [-0.05, 0) is 33.7 Å². The monoisotopic (exact) mass is 373 g/mol. The van der Waals surface area contributed by atoms with Crippen molar-refractivity contribution in [1.29, 1.82) is 0 Å². The predicted molar refractivity (Wildman–Crippen MR) is 97.4 cm³/mol.